The molecule has 1 aliphatic heterocycles. The van der Waals surface area contributed by atoms with Crippen molar-refractivity contribution in [3.63, 3.8) is 0 Å². The predicted octanol–water partition coefficient (Wildman–Crippen LogP) is 5.17. The zero-order chi connectivity index (χ0) is 30.7. The van der Waals surface area contributed by atoms with E-state index in [0.717, 1.165) is 37.0 Å². The molecular weight excluding hydrogens is 563 g/mol. The van der Waals surface area contributed by atoms with Crippen molar-refractivity contribution in [3.8, 4) is 11.3 Å². The van der Waals surface area contributed by atoms with Crippen LogP contribution in [0.5, 0.6) is 0 Å². The maximum Gasteiger partial charge on any atom is 0.416 e. The van der Waals surface area contributed by atoms with Crippen molar-refractivity contribution >= 4 is 29.0 Å². The second-order valence-electron chi connectivity index (χ2n) is 10.4. The van der Waals surface area contributed by atoms with Crippen LogP contribution in [0.2, 0.25) is 0 Å². The van der Waals surface area contributed by atoms with E-state index in [1.807, 2.05) is 23.1 Å². The van der Waals surface area contributed by atoms with E-state index in [-0.39, 0.29) is 35.1 Å². The molecule has 1 saturated heterocycles. The van der Waals surface area contributed by atoms with Crippen LogP contribution in [0.3, 0.4) is 0 Å². The number of hydrogen-bond donors (Lipinski definition) is 2. The molecule has 3 N–H and O–H groups in total. The first-order chi connectivity index (χ1) is 20.6. The van der Waals surface area contributed by atoms with Crippen LogP contribution < -0.4 is 11.1 Å². The molecule has 2 amide bonds. The van der Waals surface area contributed by atoms with E-state index >= 15 is 0 Å². The Kier molecular flexibility index (Phi) is 8.62. The average molecular weight is 596 g/mol. The van der Waals surface area contributed by atoms with Gasteiger partial charge in [0.05, 0.1) is 18.6 Å². The van der Waals surface area contributed by atoms with Crippen molar-refractivity contribution in [2.45, 2.75) is 51.2 Å². The van der Waals surface area contributed by atoms with E-state index < -0.39 is 17.6 Å². The number of fused-ring (bicyclic) bond motifs is 1. The summed E-state index contributed by atoms with van der Waals surface area (Å²) in [5.74, 6) is 0.219. The number of anilines is 2. The van der Waals surface area contributed by atoms with Crippen LogP contribution in [-0.4, -0.2) is 61.9 Å². The summed E-state index contributed by atoms with van der Waals surface area (Å²) in [5, 5.41) is 2.41. The first-order valence-corrected chi connectivity index (χ1v) is 14.0. The van der Waals surface area contributed by atoms with Crippen molar-refractivity contribution < 1.29 is 27.5 Å². The van der Waals surface area contributed by atoms with E-state index in [1.54, 1.807) is 36.7 Å². The molecule has 5 rings (SSSR count). The standard InChI is InChI=1S/C30H32F3N7O3/c1-3-43-15-11-24(41)40-17-21(5-4-18(40)2)28-38-25(26-27(34)36-13-14-39(26)28)19-6-8-20(9-7-19)29(42)37-23-16-22(10-12-35-23)30(31,32)33/h6-10,12-14,16,18,21H,3-5,11,15,17H2,1-2H3,(H2,34,36)(H,35,37,42). The van der Waals surface area contributed by atoms with Gasteiger partial charge in [-0.3, -0.25) is 14.0 Å². The van der Waals surface area contributed by atoms with E-state index in [2.05, 4.69) is 15.3 Å². The summed E-state index contributed by atoms with van der Waals surface area (Å²) in [6, 6.07) is 8.21. The number of halogens is 3. The zero-order valence-electron chi connectivity index (χ0n) is 23.8. The van der Waals surface area contributed by atoms with Crippen molar-refractivity contribution in [1.82, 2.24) is 24.3 Å². The molecule has 0 radical (unpaired) electrons. The topological polar surface area (TPSA) is 128 Å². The van der Waals surface area contributed by atoms with Gasteiger partial charge in [-0.05, 0) is 51.0 Å². The van der Waals surface area contributed by atoms with Crippen LogP contribution in [0, 0.1) is 0 Å². The number of nitrogen functional groups attached to an aromatic ring is 1. The predicted molar refractivity (Wildman–Crippen MR) is 154 cm³/mol. The Bertz CT molecular complexity index is 1620. The fraction of sp³-hybridized carbons (Fsp3) is 0.367. The van der Waals surface area contributed by atoms with E-state index in [9.17, 15) is 22.8 Å². The number of carbonyl (C=O) groups excluding carboxylic acids is 2. The number of nitrogens with zero attached hydrogens (tertiary/aromatic N) is 5. The highest BCUT2D eigenvalue weighted by Crippen LogP contribution is 2.35. The van der Waals surface area contributed by atoms with Crippen molar-refractivity contribution in [1.29, 1.82) is 0 Å². The minimum absolute atomic E-state index is 0.0414. The Hall–Kier alpha value is -4.52. The summed E-state index contributed by atoms with van der Waals surface area (Å²) in [7, 11) is 0. The Morgan fingerprint density at radius 2 is 1.88 bits per heavy atom. The second kappa shape index (κ2) is 12.4. The number of hydrogen-bond acceptors (Lipinski definition) is 7. The zero-order valence-corrected chi connectivity index (χ0v) is 23.8. The Morgan fingerprint density at radius 1 is 1.12 bits per heavy atom. The van der Waals surface area contributed by atoms with Crippen molar-refractivity contribution in [2.24, 2.45) is 0 Å². The Balaban J connectivity index is 1.40. The van der Waals surface area contributed by atoms with Gasteiger partial charge in [0.2, 0.25) is 5.91 Å². The quantitative estimate of drug-likeness (QED) is 0.269. The van der Waals surface area contributed by atoms with E-state index in [1.165, 1.54) is 0 Å². The van der Waals surface area contributed by atoms with Crippen LogP contribution >= 0.6 is 0 Å². The number of amides is 2. The summed E-state index contributed by atoms with van der Waals surface area (Å²) >= 11 is 0. The Morgan fingerprint density at radius 3 is 2.60 bits per heavy atom. The summed E-state index contributed by atoms with van der Waals surface area (Å²) in [5.41, 5.74) is 7.47. The van der Waals surface area contributed by atoms with E-state index in [0.29, 0.717) is 43.0 Å². The van der Waals surface area contributed by atoms with Gasteiger partial charge in [-0.2, -0.15) is 13.2 Å². The number of ether oxygens (including phenoxy) is 1. The SMILES string of the molecule is CCOCCC(=O)N1CC(c2nc(-c3ccc(C(=O)Nc4cc(C(F)(F)F)ccn4)cc3)c3c(N)nccn23)CCC1C. The molecule has 2 atom stereocenters. The number of piperidine rings is 1. The lowest BCUT2D eigenvalue weighted by Gasteiger charge is -2.37. The molecule has 1 aliphatic rings. The molecule has 0 saturated carbocycles. The fourth-order valence-electron chi connectivity index (χ4n) is 5.33. The molecule has 0 bridgehead atoms. The fourth-order valence-corrected chi connectivity index (χ4v) is 5.33. The molecule has 4 heterocycles. The van der Waals surface area contributed by atoms with Crippen LogP contribution in [0.4, 0.5) is 24.8 Å². The van der Waals surface area contributed by atoms with Gasteiger partial charge in [0, 0.05) is 54.8 Å². The molecule has 0 spiro atoms. The average Bonchev–Trinajstić information content (AvgIpc) is 3.38. The largest absolute Gasteiger partial charge is 0.416 e. The molecule has 43 heavy (non-hydrogen) atoms. The van der Waals surface area contributed by atoms with Crippen molar-refractivity contribution in [2.75, 3.05) is 30.8 Å². The van der Waals surface area contributed by atoms with Gasteiger partial charge in [-0.1, -0.05) is 12.1 Å². The lowest BCUT2D eigenvalue weighted by atomic mass is 9.92. The van der Waals surface area contributed by atoms with Gasteiger partial charge in [0.1, 0.15) is 28.7 Å². The molecule has 2 unspecified atom stereocenters. The number of pyridine rings is 1. The number of alkyl halides is 3. The molecule has 4 aromatic rings. The molecule has 13 heteroatoms. The highest BCUT2D eigenvalue weighted by molar-refractivity contribution is 6.04. The molecule has 1 fully saturated rings. The molecule has 1 aromatic carbocycles. The van der Waals surface area contributed by atoms with Gasteiger partial charge < -0.3 is 20.7 Å². The maximum atomic E-state index is 13.0. The number of likely N-dealkylation sites (tertiary alicyclic amines) is 1. The minimum Gasteiger partial charge on any atom is -0.382 e. The lowest BCUT2D eigenvalue weighted by Crippen LogP contribution is -2.45. The first kappa shape index (κ1) is 30.0. The third-order valence-electron chi connectivity index (χ3n) is 7.59. The van der Waals surface area contributed by atoms with Gasteiger partial charge in [-0.25, -0.2) is 15.0 Å². The van der Waals surface area contributed by atoms with Crippen LogP contribution in [0.25, 0.3) is 16.8 Å². The van der Waals surface area contributed by atoms with E-state index in [4.69, 9.17) is 15.5 Å². The number of imidazole rings is 1. The summed E-state index contributed by atoms with van der Waals surface area (Å²) in [4.78, 5) is 40.7. The summed E-state index contributed by atoms with van der Waals surface area (Å²) in [6.07, 6.45) is 1.80. The van der Waals surface area contributed by atoms with Gasteiger partial charge in [-0.15, -0.1) is 0 Å². The van der Waals surface area contributed by atoms with Crippen LogP contribution in [0.1, 0.15) is 60.8 Å². The smallest absolute Gasteiger partial charge is 0.382 e. The van der Waals surface area contributed by atoms with Gasteiger partial charge in [0.15, 0.2) is 0 Å². The normalized spacial score (nSPS) is 17.3. The number of aromatic nitrogens is 4. The molecule has 226 valence electrons. The van der Waals surface area contributed by atoms with Gasteiger partial charge >= 0.3 is 6.18 Å². The van der Waals surface area contributed by atoms with Crippen LogP contribution in [-0.2, 0) is 15.7 Å². The molecule has 3 aromatic heterocycles. The molecule has 0 aliphatic carbocycles. The van der Waals surface area contributed by atoms with Gasteiger partial charge in [0.25, 0.3) is 5.91 Å². The number of nitrogens with one attached hydrogen (secondary N) is 1. The minimum atomic E-state index is -4.56. The summed E-state index contributed by atoms with van der Waals surface area (Å²) in [6.45, 7) is 5.39. The number of carbonyl (C=O) groups is 2. The highest BCUT2D eigenvalue weighted by atomic mass is 19.4. The van der Waals surface area contributed by atoms with Crippen LogP contribution in [0.15, 0.2) is 55.0 Å². The Labute approximate surface area is 246 Å². The third-order valence-corrected chi connectivity index (χ3v) is 7.59. The number of benzene rings is 1. The number of rotatable bonds is 8. The highest BCUT2D eigenvalue weighted by Gasteiger charge is 2.33. The maximum absolute atomic E-state index is 13.0. The van der Waals surface area contributed by atoms with Crippen molar-refractivity contribution in [3.05, 3.63) is 71.9 Å². The monoisotopic (exact) mass is 595 g/mol. The molecule has 10 nitrogen and oxygen atoms in total. The first-order valence-electron chi connectivity index (χ1n) is 14.0. The third kappa shape index (κ3) is 6.46. The lowest BCUT2D eigenvalue weighted by molar-refractivity contribution is -0.138. The second-order valence-corrected chi connectivity index (χ2v) is 10.4. The molecular formula is C30H32F3N7O3. The summed E-state index contributed by atoms with van der Waals surface area (Å²) < 4.78 is 46.4. The number of nitrogens with two attached hydrogens (primary N) is 1.